The van der Waals surface area contributed by atoms with Crippen molar-refractivity contribution in [3.05, 3.63) is 40.9 Å². The molecule has 8 heteroatoms. The second kappa shape index (κ2) is 7.05. The van der Waals surface area contributed by atoms with Crippen molar-refractivity contribution in [3.8, 4) is 0 Å². The number of aromatic nitrogens is 2. The van der Waals surface area contributed by atoms with E-state index in [9.17, 15) is 4.79 Å². The minimum atomic E-state index is 0.0931. The Bertz CT molecular complexity index is 913. The van der Waals surface area contributed by atoms with Crippen molar-refractivity contribution in [2.24, 2.45) is 0 Å². The number of fused-ring (bicyclic) bond motifs is 1. The van der Waals surface area contributed by atoms with Crippen LogP contribution in [0.15, 0.2) is 29.1 Å². The molecule has 0 bridgehead atoms. The molecule has 26 heavy (non-hydrogen) atoms. The summed E-state index contributed by atoms with van der Waals surface area (Å²) in [7, 11) is 2.08. The number of amides is 1. The van der Waals surface area contributed by atoms with Gasteiger partial charge in [-0.25, -0.2) is 9.97 Å². The monoisotopic (exact) mass is 371 g/mol. The quantitative estimate of drug-likeness (QED) is 0.760. The van der Waals surface area contributed by atoms with E-state index in [1.54, 1.807) is 6.26 Å². The van der Waals surface area contributed by atoms with Crippen molar-refractivity contribution >= 4 is 33.3 Å². The van der Waals surface area contributed by atoms with E-state index in [2.05, 4.69) is 27.2 Å². The Hall–Kier alpha value is -2.45. The van der Waals surface area contributed by atoms with Gasteiger partial charge in [0.05, 0.1) is 23.1 Å². The fourth-order valence-corrected chi connectivity index (χ4v) is 4.26. The van der Waals surface area contributed by atoms with E-state index < -0.39 is 0 Å². The lowest BCUT2D eigenvalue weighted by Gasteiger charge is -2.32. The van der Waals surface area contributed by atoms with Crippen LogP contribution in [0.5, 0.6) is 0 Å². The fourth-order valence-electron chi connectivity index (χ4n) is 3.15. The van der Waals surface area contributed by atoms with Crippen molar-refractivity contribution in [3.63, 3.8) is 0 Å². The number of thiophene rings is 1. The van der Waals surface area contributed by atoms with Crippen molar-refractivity contribution in [1.82, 2.24) is 19.8 Å². The zero-order valence-corrected chi connectivity index (χ0v) is 15.7. The van der Waals surface area contributed by atoms with Gasteiger partial charge >= 0.3 is 0 Å². The van der Waals surface area contributed by atoms with Crippen LogP contribution in [0.25, 0.3) is 10.2 Å². The van der Waals surface area contributed by atoms with Crippen molar-refractivity contribution in [2.75, 3.05) is 38.5 Å². The zero-order chi connectivity index (χ0) is 18.1. The zero-order valence-electron chi connectivity index (χ0n) is 14.9. The molecule has 1 aliphatic heterocycles. The Balaban J connectivity index is 1.62. The largest absolute Gasteiger partial charge is 0.467 e. The number of nitrogens with one attached hydrogen (secondary N) is 1. The summed E-state index contributed by atoms with van der Waals surface area (Å²) in [6.07, 6.45) is 3.18. The topological polar surface area (TPSA) is 74.5 Å². The molecule has 0 saturated carbocycles. The first-order valence-electron chi connectivity index (χ1n) is 8.61. The molecule has 0 aliphatic carbocycles. The molecular formula is C18H21N5O2S. The summed E-state index contributed by atoms with van der Waals surface area (Å²) in [6, 6.07) is 3.77. The van der Waals surface area contributed by atoms with E-state index in [0.717, 1.165) is 58.4 Å². The number of carbonyl (C=O) groups is 1. The van der Waals surface area contributed by atoms with Crippen LogP contribution in [0, 0.1) is 6.92 Å². The molecule has 0 unspecified atom stereocenters. The highest BCUT2D eigenvalue weighted by atomic mass is 32.1. The summed E-state index contributed by atoms with van der Waals surface area (Å²) >= 11 is 1.44. The number of likely N-dealkylation sites (N-methyl/N-ethyl adjacent to an activating group) is 1. The van der Waals surface area contributed by atoms with Gasteiger partial charge in [-0.2, -0.15) is 0 Å². The van der Waals surface area contributed by atoms with Crippen molar-refractivity contribution in [2.45, 2.75) is 13.5 Å². The Kier molecular flexibility index (Phi) is 4.60. The lowest BCUT2D eigenvalue weighted by molar-refractivity contribution is 0.0668. The van der Waals surface area contributed by atoms with Crippen LogP contribution >= 0.6 is 11.3 Å². The highest BCUT2D eigenvalue weighted by Gasteiger charge is 2.25. The van der Waals surface area contributed by atoms with E-state index in [1.165, 1.54) is 17.7 Å². The Morgan fingerprint density at radius 1 is 1.31 bits per heavy atom. The van der Waals surface area contributed by atoms with E-state index in [0.29, 0.717) is 6.54 Å². The van der Waals surface area contributed by atoms with E-state index in [4.69, 9.17) is 4.42 Å². The van der Waals surface area contributed by atoms with Crippen LogP contribution < -0.4 is 5.32 Å². The number of furan rings is 1. The highest BCUT2D eigenvalue weighted by Crippen LogP contribution is 2.34. The molecule has 0 aromatic carbocycles. The van der Waals surface area contributed by atoms with Crippen LogP contribution in [-0.2, 0) is 6.54 Å². The van der Waals surface area contributed by atoms with E-state index >= 15 is 0 Å². The molecule has 7 nitrogen and oxygen atoms in total. The standard InChI is InChI=1S/C18H21N5O2S/c1-12-14-16(19-10-13-4-3-9-25-13)20-11-21-17(14)26-15(12)18(24)23-7-5-22(2)6-8-23/h3-4,9,11H,5-8,10H2,1-2H3,(H,19,20,21). The molecule has 3 aromatic heterocycles. The maximum atomic E-state index is 13.0. The molecule has 1 aliphatic rings. The van der Waals surface area contributed by atoms with E-state index in [1.807, 2.05) is 24.0 Å². The van der Waals surface area contributed by atoms with Gasteiger partial charge in [0.2, 0.25) is 0 Å². The van der Waals surface area contributed by atoms with Gasteiger partial charge in [0.25, 0.3) is 5.91 Å². The highest BCUT2D eigenvalue weighted by molar-refractivity contribution is 7.20. The first kappa shape index (κ1) is 17.0. The Morgan fingerprint density at radius 3 is 2.85 bits per heavy atom. The third kappa shape index (κ3) is 3.17. The summed E-state index contributed by atoms with van der Waals surface area (Å²) in [5.41, 5.74) is 0.941. The molecule has 0 atom stereocenters. The number of carbonyl (C=O) groups excluding carboxylic acids is 1. The molecule has 1 amide bonds. The first-order chi connectivity index (χ1) is 12.6. The summed E-state index contributed by atoms with van der Waals surface area (Å²) < 4.78 is 5.36. The van der Waals surface area contributed by atoms with Gasteiger partial charge in [-0.3, -0.25) is 4.79 Å². The molecule has 4 rings (SSSR count). The lowest BCUT2D eigenvalue weighted by Crippen LogP contribution is -2.47. The number of rotatable bonds is 4. The molecule has 4 heterocycles. The summed E-state index contributed by atoms with van der Waals surface area (Å²) in [5.74, 6) is 1.66. The van der Waals surface area contributed by atoms with Crippen LogP contribution in [0.3, 0.4) is 0 Å². The predicted octanol–water partition coefficient (Wildman–Crippen LogP) is 2.59. The van der Waals surface area contributed by atoms with Gasteiger partial charge in [0.15, 0.2) is 0 Å². The molecular weight excluding hydrogens is 350 g/mol. The molecule has 0 radical (unpaired) electrons. The number of hydrogen-bond donors (Lipinski definition) is 1. The van der Waals surface area contributed by atoms with Gasteiger partial charge in [-0.1, -0.05) is 0 Å². The van der Waals surface area contributed by atoms with Gasteiger partial charge < -0.3 is 19.5 Å². The van der Waals surface area contributed by atoms with Gasteiger partial charge in [0.1, 0.15) is 22.7 Å². The minimum absolute atomic E-state index is 0.0931. The molecule has 136 valence electrons. The summed E-state index contributed by atoms with van der Waals surface area (Å²) in [6.45, 7) is 5.85. The number of hydrogen-bond acceptors (Lipinski definition) is 7. The first-order valence-corrected chi connectivity index (χ1v) is 9.43. The second-order valence-electron chi connectivity index (χ2n) is 6.49. The van der Waals surface area contributed by atoms with Crippen molar-refractivity contribution in [1.29, 1.82) is 0 Å². The Morgan fingerprint density at radius 2 is 2.12 bits per heavy atom. The SMILES string of the molecule is Cc1c(C(=O)N2CCN(C)CC2)sc2ncnc(NCc3ccco3)c12. The lowest BCUT2D eigenvalue weighted by atomic mass is 10.2. The fraction of sp³-hybridized carbons (Fsp3) is 0.389. The van der Waals surface area contributed by atoms with Crippen LogP contribution in [0.2, 0.25) is 0 Å². The normalized spacial score (nSPS) is 15.5. The maximum absolute atomic E-state index is 13.0. The number of piperazine rings is 1. The molecule has 1 N–H and O–H groups in total. The summed E-state index contributed by atoms with van der Waals surface area (Å²) in [5, 5.41) is 4.22. The van der Waals surface area contributed by atoms with Crippen LogP contribution in [0.1, 0.15) is 21.0 Å². The second-order valence-corrected chi connectivity index (χ2v) is 7.49. The number of aryl methyl sites for hydroxylation is 1. The third-order valence-electron chi connectivity index (χ3n) is 4.72. The minimum Gasteiger partial charge on any atom is -0.467 e. The Labute approximate surface area is 155 Å². The van der Waals surface area contributed by atoms with Gasteiger partial charge in [-0.05, 0) is 31.7 Å². The van der Waals surface area contributed by atoms with E-state index in [-0.39, 0.29) is 5.91 Å². The molecule has 3 aromatic rings. The van der Waals surface area contributed by atoms with Crippen LogP contribution in [-0.4, -0.2) is 58.9 Å². The van der Waals surface area contributed by atoms with Gasteiger partial charge in [0, 0.05) is 26.2 Å². The van der Waals surface area contributed by atoms with Crippen LogP contribution in [0.4, 0.5) is 5.82 Å². The smallest absolute Gasteiger partial charge is 0.264 e. The number of anilines is 1. The average molecular weight is 371 g/mol. The van der Waals surface area contributed by atoms with Gasteiger partial charge in [-0.15, -0.1) is 11.3 Å². The third-order valence-corrected chi connectivity index (χ3v) is 5.91. The molecule has 1 saturated heterocycles. The summed E-state index contributed by atoms with van der Waals surface area (Å²) in [4.78, 5) is 27.5. The predicted molar refractivity (Wildman–Crippen MR) is 102 cm³/mol. The average Bonchev–Trinajstić information content (AvgIpc) is 3.28. The molecule has 0 spiro atoms. The number of nitrogens with zero attached hydrogens (tertiary/aromatic N) is 4. The molecule has 1 fully saturated rings. The maximum Gasteiger partial charge on any atom is 0.264 e. The van der Waals surface area contributed by atoms with Crippen molar-refractivity contribution < 1.29 is 9.21 Å².